The molecule has 8 heteroatoms. The van der Waals surface area contributed by atoms with Crippen molar-refractivity contribution in [2.24, 2.45) is 0 Å². The fourth-order valence-electron chi connectivity index (χ4n) is 1.35. The van der Waals surface area contributed by atoms with Gasteiger partial charge in [0.1, 0.15) is 19.5 Å². The lowest BCUT2D eigenvalue weighted by Gasteiger charge is -2.04. The van der Waals surface area contributed by atoms with Gasteiger partial charge < -0.3 is 14.4 Å². The Bertz CT molecular complexity index is 623. The molecule has 0 N–H and O–H groups in total. The zero-order valence-corrected chi connectivity index (χ0v) is 15.2. The smallest absolute Gasteiger partial charge is 0.379 e. The van der Waals surface area contributed by atoms with E-state index in [1.807, 2.05) is 6.26 Å². The molecule has 140 valence electrons. The van der Waals surface area contributed by atoms with Gasteiger partial charge in [-0.2, -0.15) is 4.89 Å². The van der Waals surface area contributed by atoms with Crippen molar-refractivity contribution in [3.05, 3.63) is 68.2 Å². The largest absolute Gasteiger partial charge is 0.457 e. The van der Waals surface area contributed by atoms with Crippen LogP contribution in [0.1, 0.15) is 10.4 Å². The maximum absolute atomic E-state index is 11.8. The molecule has 0 unspecified atom stereocenters. The van der Waals surface area contributed by atoms with Crippen LogP contribution in [-0.2, 0) is 28.8 Å². The highest BCUT2D eigenvalue weighted by molar-refractivity contribution is 7.98. The van der Waals surface area contributed by atoms with E-state index in [0.717, 1.165) is 23.5 Å². The summed E-state index contributed by atoms with van der Waals surface area (Å²) in [6.07, 6.45) is 4.82. The van der Waals surface area contributed by atoms with Gasteiger partial charge in [0.25, 0.3) is 5.78 Å². The second-order valence-electron chi connectivity index (χ2n) is 4.02. The molecule has 0 aliphatic rings. The highest BCUT2D eigenvalue weighted by Gasteiger charge is 2.17. The van der Waals surface area contributed by atoms with Crippen LogP contribution >= 0.6 is 11.8 Å². The molecule has 0 saturated heterocycles. The highest BCUT2D eigenvalue weighted by Crippen LogP contribution is 2.15. The number of rotatable bonds is 10. The Morgan fingerprint density at radius 2 is 1.73 bits per heavy atom. The van der Waals surface area contributed by atoms with E-state index >= 15 is 0 Å². The van der Waals surface area contributed by atoms with Gasteiger partial charge in [-0.05, 0) is 30.5 Å². The number of carbonyl (C=O) groups is 3. The second kappa shape index (κ2) is 14.5. The molecule has 0 saturated carbocycles. The number of Topliss-reactive ketones (excluding diaryl/α,β-unsaturated/α-hetero) is 1. The quantitative estimate of drug-likeness (QED) is 0.0585. The van der Waals surface area contributed by atoms with Gasteiger partial charge in [0.15, 0.2) is 6.26 Å². The number of thioether (sulfide) groups is 1. The Kier molecular flexibility index (Phi) is 12.9. The summed E-state index contributed by atoms with van der Waals surface area (Å²) in [6, 6.07) is 6.61. The summed E-state index contributed by atoms with van der Waals surface area (Å²) in [6.45, 7) is 8.92. The molecule has 0 radical (unpaired) electrons. The third kappa shape index (κ3) is 9.45. The first-order valence-electron chi connectivity index (χ1n) is 7.20. The van der Waals surface area contributed by atoms with Crippen molar-refractivity contribution in [3.63, 3.8) is 0 Å². The van der Waals surface area contributed by atoms with E-state index in [4.69, 9.17) is 4.74 Å². The predicted octanol–water partition coefficient (Wildman–Crippen LogP) is 3.09. The van der Waals surface area contributed by atoms with E-state index in [0.29, 0.717) is 0 Å². The molecular weight excluding hydrogens is 360 g/mol. The van der Waals surface area contributed by atoms with Crippen molar-refractivity contribution in [3.8, 4) is 0 Å². The monoisotopic (exact) mass is 380 g/mol. The van der Waals surface area contributed by atoms with Crippen molar-refractivity contribution < 1.29 is 33.6 Å². The molecular formula is C18H20O7S. The zero-order chi connectivity index (χ0) is 19.8. The molecule has 0 fully saturated rings. The third-order valence-corrected chi connectivity index (χ3v) is 3.21. The maximum Gasteiger partial charge on any atom is 0.379 e. The molecule has 0 atom stereocenters. The minimum Gasteiger partial charge on any atom is -0.457 e. The Hall–Kier alpha value is -2.84. The highest BCUT2D eigenvalue weighted by atomic mass is 32.2. The van der Waals surface area contributed by atoms with Crippen LogP contribution in [0.4, 0.5) is 0 Å². The number of ketones is 1. The summed E-state index contributed by atoms with van der Waals surface area (Å²) in [5.41, 5.74) is 0.252. The van der Waals surface area contributed by atoms with Crippen molar-refractivity contribution in [1.82, 2.24) is 0 Å². The average Bonchev–Trinajstić information content (AvgIpc) is 2.70. The van der Waals surface area contributed by atoms with Gasteiger partial charge in [-0.25, -0.2) is 9.59 Å². The summed E-state index contributed by atoms with van der Waals surface area (Å²) in [5, 5.41) is 0. The molecule has 1 aromatic carbocycles. The lowest BCUT2D eigenvalue weighted by Crippen LogP contribution is -2.19. The first-order valence-corrected chi connectivity index (χ1v) is 8.42. The third-order valence-electron chi connectivity index (χ3n) is 2.47. The van der Waals surface area contributed by atoms with Crippen LogP contribution in [0.2, 0.25) is 0 Å². The summed E-state index contributed by atoms with van der Waals surface area (Å²) in [5.74, 6) is -2.36. The minimum absolute atomic E-state index is 0.107. The van der Waals surface area contributed by atoms with Gasteiger partial charge in [-0.1, -0.05) is 6.58 Å². The van der Waals surface area contributed by atoms with Gasteiger partial charge in [0, 0.05) is 16.5 Å². The lowest BCUT2D eigenvalue weighted by atomic mass is 10.1. The lowest BCUT2D eigenvalue weighted by molar-refractivity contribution is -0.255. The number of ether oxygens (including phenoxy) is 2. The molecule has 0 bridgehead atoms. The Balaban J connectivity index is 0.00000301. The Labute approximate surface area is 156 Å². The van der Waals surface area contributed by atoms with Crippen LogP contribution in [0.15, 0.2) is 67.5 Å². The number of carbonyl (C=O) groups excluding carboxylic acids is 3. The van der Waals surface area contributed by atoms with Crippen LogP contribution in [0.5, 0.6) is 0 Å². The fraction of sp³-hybridized carbons (Fsp3) is 0.167. The van der Waals surface area contributed by atoms with E-state index in [2.05, 4.69) is 34.2 Å². The molecule has 0 aliphatic carbocycles. The molecule has 1 aromatic rings. The van der Waals surface area contributed by atoms with Gasteiger partial charge in [0.05, 0.1) is 0 Å². The van der Waals surface area contributed by atoms with Gasteiger partial charge in [0.2, 0.25) is 0 Å². The molecule has 0 amide bonds. The topological polar surface area (TPSA) is 88.1 Å². The predicted molar refractivity (Wildman–Crippen MR) is 97.2 cm³/mol. The molecule has 1 rings (SSSR count). The van der Waals surface area contributed by atoms with Gasteiger partial charge in [-0.15, -0.1) is 24.9 Å². The zero-order valence-electron chi connectivity index (χ0n) is 14.3. The number of esters is 2. The average molecular weight is 380 g/mol. The normalized spacial score (nSPS) is 9.58. The van der Waals surface area contributed by atoms with Crippen LogP contribution in [-0.4, -0.2) is 37.2 Å². The van der Waals surface area contributed by atoms with E-state index < -0.39 is 17.7 Å². The molecule has 0 aliphatic heterocycles. The Morgan fingerprint density at radius 3 is 2.31 bits per heavy atom. The van der Waals surface area contributed by atoms with Crippen LogP contribution < -0.4 is 0 Å². The molecule has 0 aromatic heterocycles. The van der Waals surface area contributed by atoms with Crippen LogP contribution in [0, 0.1) is 0 Å². The second-order valence-corrected chi connectivity index (χ2v) is 4.90. The van der Waals surface area contributed by atoms with E-state index in [9.17, 15) is 14.4 Å². The molecule has 0 spiro atoms. The van der Waals surface area contributed by atoms with Crippen LogP contribution in [0.25, 0.3) is 0 Å². The Morgan fingerprint density at radius 1 is 1.08 bits per heavy atom. The number of benzene rings is 1. The van der Waals surface area contributed by atoms with Crippen molar-refractivity contribution in [2.45, 2.75) is 4.90 Å². The minimum atomic E-state index is -0.981. The maximum atomic E-state index is 11.8. The first-order chi connectivity index (χ1) is 12.6. The molecule has 0 heterocycles. The summed E-state index contributed by atoms with van der Waals surface area (Å²) in [7, 11) is 0. The number of hydrogen-bond donors (Lipinski definition) is 0. The standard InChI is InChI=1S/C16H16O7S.C2H4/c1-3-14(17)20-8-10-22-23-11-9-21-16(19)15(18)12-4-6-13(24-2)7-5-12;1-2/h3-8,10H,1,9,11H2,2H3;1-2H2/b10-8+;. The molecule has 7 nitrogen and oxygen atoms in total. The van der Waals surface area contributed by atoms with Gasteiger partial charge >= 0.3 is 11.9 Å². The SMILES string of the molecule is C=C.C=CC(=O)O/C=C/OOCCOC(=O)C(=O)c1ccc(SC)cc1. The van der Waals surface area contributed by atoms with E-state index in [-0.39, 0.29) is 18.8 Å². The van der Waals surface area contributed by atoms with Crippen molar-refractivity contribution in [1.29, 1.82) is 0 Å². The van der Waals surface area contributed by atoms with Crippen LogP contribution in [0.3, 0.4) is 0 Å². The van der Waals surface area contributed by atoms with E-state index in [1.54, 1.807) is 24.3 Å². The number of hydrogen-bond acceptors (Lipinski definition) is 8. The van der Waals surface area contributed by atoms with Gasteiger partial charge in [-0.3, -0.25) is 4.79 Å². The first kappa shape index (κ1) is 23.2. The fourth-order valence-corrected chi connectivity index (χ4v) is 1.76. The molecule has 26 heavy (non-hydrogen) atoms. The summed E-state index contributed by atoms with van der Waals surface area (Å²) < 4.78 is 9.21. The summed E-state index contributed by atoms with van der Waals surface area (Å²) in [4.78, 5) is 44.2. The van der Waals surface area contributed by atoms with Crippen molar-refractivity contribution >= 4 is 29.5 Å². The van der Waals surface area contributed by atoms with Crippen molar-refractivity contribution in [2.75, 3.05) is 19.5 Å². The van der Waals surface area contributed by atoms with E-state index in [1.165, 1.54) is 11.8 Å². The summed E-state index contributed by atoms with van der Waals surface area (Å²) >= 11 is 1.53.